The van der Waals surface area contributed by atoms with Crippen LogP contribution >= 0.6 is 24.0 Å². The van der Waals surface area contributed by atoms with Crippen LogP contribution in [0, 0.1) is 5.82 Å². The maximum Gasteiger partial charge on any atom is 0.243 e. The third-order valence-electron chi connectivity index (χ3n) is 4.64. The number of carbonyl (C=O) groups excluding carboxylic acids is 2. The molecule has 27 heavy (non-hydrogen) atoms. The SMILES string of the molecule is C[C@@H]1CCC[C@@H](C)N1C(=S)SCC(=O)N(C)CC(=O)Nc1cccc(F)c1. The van der Waals surface area contributed by atoms with E-state index >= 15 is 0 Å². The van der Waals surface area contributed by atoms with Crippen LogP contribution in [0.3, 0.4) is 0 Å². The van der Waals surface area contributed by atoms with E-state index in [1.54, 1.807) is 13.1 Å². The van der Waals surface area contributed by atoms with E-state index in [1.165, 1.54) is 41.3 Å². The highest BCUT2D eigenvalue weighted by Crippen LogP contribution is 2.26. The van der Waals surface area contributed by atoms with Crippen LogP contribution in [0.5, 0.6) is 0 Å². The van der Waals surface area contributed by atoms with E-state index in [0.717, 1.165) is 17.2 Å². The average molecular weight is 412 g/mol. The summed E-state index contributed by atoms with van der Waals surface area (Å²) < 4.78 is 13.9. The van der Waals surface area contributed by atoms with Crippen LogP contribution in [0.1, 0.15) is 33.1 Å². The molecule has 1 fully saturated rings. The maximum absolute atomic E-state index is 13.2. The zero-order chi connectivity index (χ0) is 20.0. The highest BCUT2D eigenvalue weighted by molar-refractivity contribution is 8.23. The zero-order valence-electron chi connectivity index (χ0n) is 15.9. The summed E-state index contributed by atoms with van der Waals surface area (Å²) in [5.41, 5.74) is 0.365. The summed E-state index contributed by atoms with van der Waals surface area (Å²) in [7, 11) is 1.57. The lowest BCUT2D eigenvalue weighted by molar-refractivity contribution is -0.131. The molecule has 0 radical (unpaired) electrons. The number of nitrogens with zero attached hydrogens (tertiary/aromatic N) is 2. The number of benzene rings is 1. The molecule has 8 heteroatoms. The minimum absolute atomic E-state index is 0.0980. The van der Waals surface area contributed by atoms with Crippen molar-refractivity contribution in [1.29, 1.82) is 0 Å². The molecule has 2 amide bonds. The largest absolute Gasteiger partial charge is 0.352 e. The van der Waals surface area contributed by atoms with Crippen molar-refractivity contribution in [1.82, 2.24) is 9.80 Å². The van der Waals surface area contributed by atoms with Crippen molar-refractivity contribution < 1.29 is 14.0 Å². The van der Waals surface area contributed by atoms with Gasteiger partial charge in [-0.05, 0) is 51.3 Å². The van der Waals surface area contributed by atoms with Crippen molar-refractivity contribution in [3.05, 3.63) is 30.1 Å². The first kappa shape index (κ1) is 21.6. The van der Waals surface area contributed by atoms with Gasteiger partial charge in [-0.15, -0.1) is 0 Å². The van der Waals surface area contributed by atoms with Gasteiger partial charge in [0.25, 0.3) is 0 Å². The first-order valence-electron chi connectivity index (χ1n) is 9.02. The van der Waals surface area contributed by atoms with Gasteiger partial charge in [0.2, 0.25) is 11.8 Å². The Balaban J connectivity index is 1.79. The van der Waals surface area contributed by atoms with Gasteiger partial charge in [-0.1, -0.05) is 30.0 Å². The molecule has 1 saturated heterocycles. The molecule has 1 N–H and O–H groups in total. The lowest BCUT2D eigenvalue weighted by Crippen LogP contribution is -2.46. The number of hydrogen-bond donors (Lipinski definition) is 1. The fourth-order valence-corrected chi connectivity index (χ4v) is 4.67. The van der Waals surface area contributed by atoms with Crippen molar-refractivity contribution in [3.63, 3.8) is 0 Å². The van der Waals surface area contributed by atoms with E-state index < -0.39 is 5.82 Å². The number of hydrogen-bond acceptors (Lipinski definition) is 4. The van der Waals surface area contributed by atoms with Crippen molar-refractivity contribution >= 4 is 45.8 Å². The molecule has 0 aromatic heterocycles. The first-order chi connectivity index (χ1) is 12.8. The number of anilines is 1. The van der Waals surface area contributed by atoms with Gasteiger partial charge in [-0.3, -0.25) is 9.59 Å². The number of amides is 2. The van der Waals surface area contributed by atoms with E-state index in [2.05, 4.69) is 24.1 Å². The van der Waals surface area contributed by atoms with Crippen molar-refractivity contribution in [3.8, 4) is 0 Å². The second-order valence-corrected chi connectivity index (χ2v) is 8.51. The normalized spacial score (nSPS) is 19.5. The molecule has 0 aliphatic carbocycles. The van der Waals surface area contributed by atoms with Gasteiger partial charge >= 0.3 is 0 Å². The van der Waals surface area contributed by atoms with Gasteiger partial charge in [0.15, 0.2) is 0 Å². The summed E-state index contributed by atoms with van der Waals surface area (Å²) in [5.74, 6) is -0.780. The van der Waals surface area contributed by atoms with Crippen molar-refractivity contribution in [2.75, 3.05) is 24.7 Å². The quantitative estimate of drug-likeness (QED) is 0.752. The number of halogens is 1. The second kappa shape index (κ2) is 10.0. The lowest BCUT2D eigenvalue weighted by atomic mass is 9.99. The highest BCUT2D eigenvalue weighted by Gasteiger charge is 2.27. The molecule has 1 aliphatic rings. The molecule has 148 valence electrons. The molecule has 0 unspecified atom stereocenters. The molecule has 5 nitrogen and oxygen atoms in total. The fraction of sp³-hybridized carbons (Fsp3) is 0.526. The summed E-state index contributed by atoms with van der Waals surface area (Å²) in [6.07, 6.45) is 3.42. The van der Waals surface area contributed by atoms with Gasteiger partial charge in [0.1, 0.15) is 10.1 Å². The molecule has 1 heterocycles. The van der Waals surface area contributed by atoms with Gasteiger partial charge < -0.3 is 15.1 Å². The molecule has 0 spiro atoms. The molecular formula is C19H26FN3O2S2. The Hall–Kier alpha value is -1.67. The number of rotatable bonds is 5. The Kier molecular flexibility index (Phi) is 8.04. The third kappa shape index (κ3) is 6.46. The van der Waals surface area contributed by atoms with Crippen LogP contribution in [-0.2, 0) is 9.59 Å². The van der Waals surface area contributed by atoms with Crippen molar-refractivity contribution in [2.24, 2.45) is 0 Å². The summed E-state index contributed by atoms with van der Waals surface area (Å²) in [6, 6.07) is 6.42. The predicted molar refractivity (Wildman–Crippen MR) is 112 cm³/mol. The van der Waals surface area contributed by atoms with Crippen LogP contribution in [0.2, 0.25) is 0 Å². The van der Waals surface area contributed by atoms with Crippen LogP contribution in [0.25, 0.3) is 0 Å². The van der Waals surface area contributed by atoms with Gasteiger partial charge in [-0.2, -0.15) is 0 Å². The number of carbonyl (C=O) groups is 2. The third-order valence-corrected chi connectivity index (χ3v) is 6.05. The first-order valence-corrected chi connectivity index (χ1v) is 10.4. The standard InChI is InChI=1S/C19H26FN3O2S2/c1-13-6-4-7-14(2)23(13)19(26)27-12-18(25)22(3)11-17(24)21-16-9-5-8-15(20)10-16/h5,8-10,13-14H,4,6-7,11-12H2,1-3H3,(H,21,24)/t13-,14-/m1/s1. The number of thioether (sulfide) groups is 1. The fourth-order valence-electron chi connectivity index (χ4n) is 3.16. The maximum atomic E-state index is 13.2. The summed E-state index contributed by atoms with van der Waals surface area (Å²) in [4.78, 5) is 27.9. The molecule has 1 aromatic rings. The Morgan fingerprint density at radius 1 is 1.33 bits per heavy atom. The van der Waals surface area contributed by atoms with Crippen LogP contribution in [0.4, 0.5) is 10.1 Å². The zero-order valence-corrected chi connectivity index (χ0v) is 17.5. The lowest BCUT2D eigenvalue weighted by Gasteiger charge is -2.40. The minimum Gasteiger partial charge on any atom is -0.352 e. The Labute approximate surface area is 169 Å². The highest BCUT2D eigenvalue weighted by atomic mass is 32.2. The van der Waals surface area contributed by atoms with Gasteiger partial charge in [0.05, 0.1) is 12.3 Å². The van der Waals surface area contributed by atoms with Gasteiger partial charge in [-0.25, -0.2) is 4.39 Å². The minimum atomic E-state index is -0.427. The Morgan fingerprint density at radius 3 is 2.63 bits per heavy atom. The summed E-state index contributed by atoms with van der Waals surface area (Å²) >= 11 is 6.87. The second-order valence-electron chi connectivity index (χ2n) is 6.90. The molecule has 0 saturated carbocycles. The summed E-state index contributed by atoms with van der Waals surface area (Å²) in [6.45, 7) is 4.22. The van der Waals surface area contributed by atoms with E-state index in [0.29, 0.717) is 17.8 Å². The number of likely N-dealkylation sites (tertiary alicyclic amines) is 1. The van der Waals surface area contributed by atoms with E-state index in [-0.39, 0.29) is 24.1 Å². The molecule has 0 bridgehead atoms. The monoisotopic (exact) mass is 411 g/mol. The smallest absolute Gasteiger partial charge is 0.243 e. The Morgan fingerprint density at radius 2 is 2.00 bits per heavy atom. The predicted octanol–water partition coefficient (Wildman–Crippen LogP) is 3.50. The average Bonchev–Trinajstić information content (AvgIpc) is 2.59. The molecule has 1 aliphatic heterocycles. The number of thiocarbonyl (C=S) groups is 1. The number of likely N-dealkylation sites (N-methyl/N-ethyl adjacent to an activating group) is 1. The molecular weight excluding hydrogens is 385 g/mol. The van der Waals surface area contributed by atoms with E-state index in [9.17, 15) is 14.0 Å². The van der Waals surface area contributed by atoms with Crippen LogP contribution in [-0.4, -0.2) is 57.4 Å². The van der Waals surface area contributed by atoms with Crippen LogP contribution in [0.15, 0.2) is 24.3 Å². The van der Waals surface area contributed by atoms with Gasteiger partial charge in [0, 0.05) is 24.8 Å². The molecule has 2 rings (SSSR count). The van der Waals surface area contributed by atoms with E-state index in [1.807, 2.05) is 0 Å². The molecule has 2 atom stereocenters. The number of piperidine rings is 1. The number of nitrogens with one attached hydrogen (secondary N) is 1. The van der Waals surface area contributed by atoms with E-state index in [4.69, 9.17) is 12.2 Å². The molecule has 1 aromatic carbocycles. The summed E-state index contributed by atoms with van der Waals surface area (Å²) in [5, 5.41) is 2.58. The Bertz CT molecular complexity index is 691. The van der Waals surface area contributed by atoms with Crippen LogP contribution < -0.4 is 5.32 Å². The topological polar surface area (TPSA) is 52.7 Å². The van der Waals surface area contributed by atoms with Crippen molar-refractivity contribution in [2.45, 2.75) is 45.2 Å².